The molecule has 0 aliphatic heterocycles. The lowest BCUT2D eigenvalue weighted by atomic mass is 10.3. The van der Waals surface area contributed by atoms with Crippen LogP contribution in [0.25, 0.3) is 5.65 Å². The van der Waals surface area contributed by atoms with E-state index in [2.05, 4.69) is 15.2 Å². The molecule has 0 aromatic carbocycles. The van der Waals surface area contributed by atoms with Crippen molar-refractivity contribution in [2.75, 3.05) is 0 Å². The molecule has 0 aliphatic rings. The van der Waals surface area contributed by atoms with E-state index in [1.165, 1.54) is 4.63 Å². The lowest BCUT2D eigenvalue weighted by Gasteiger charge is -1.94. The second kappa shape index (κ2) is 2.42. The zero-order valence-electron chi connectivity index (χ0n) is 6.74. The van der Waals surface area contributed by atoms with E-state index in [0.29, 0.717) is 11.0 Å². The van der Waals surface area contributed by atoms with Crippen LogP contribution in [0.2, 0.25) is 5.15 Å². The van der Waals surface area contributed by atoms with Gasteiger partial charge in [-0.05, 0) is 25.5 Å². The van der Waals surface area contributed by atoms with Gasteiger partial charge in [0.2, 0.25) is 0 Å². The Kier molecular flexibility index (Phi) is 1.51. The summed E-state index contributed by atoms with van der Waals surface area (Å²) in [5.41, 5.74) is 1.74. The van der Waals surface area contributed by atoms with Crippen LogP contribution in [0.15, 0.2) is 6.07 Å². The van der Waals surface area contributed by atoms with Crippen molar-refractivity contribution in [1.29, 1.82) is 0 Å². The number of fused-ring (bicyclic) bond motifs is 1. The Morgan fingerprint density at radius 3 is 2.83 bits per heavy atom. The van der Waals surface area contributed by atoms with Crippen molar-refractivity contribution in [3.8, 4) is 0 Å². The van der Waals surface area contributed by atoms with E-state index in [0.717, 1.165) is 11.2 Å². The molecule has 0 fully saturated rings. The number of hydrogen-bond donors (Lipinski definition) is 0. The lowest BCUT2D eigenvalue weighted by Crippen LogP contribution is -1.95. The van der Waals surface area contributed by atoms with Gasteiger partial charge < -0.3 is 0 Å². The van der Waals surface area contributed by atoms with Crippen LogP contribution < -0.4 is 0 Å². The fourth-order valence-electron chi connectivity index (χ4n) is 1.08. The highest BCUT2D eigenvalue weighted by Crippen LogP contribution is 2.11. The molecule has 0 amide bonds. The van der Waals surface area contributed by atoms with Crippen LogP contribution in [0.5, 0.6) is 0 Å². The highest BCUT2D eigenvalue weighted by Gasteiger charge is 2.04. The molecule has 0 bridgehead atoms. The van der Waals surface area contributed by atoms with Crippen LogP contribution >= 0.6 is 11.6 Å². The number of rotatable bonds is 0. The van der Waals surface area contributed by atoms with Crippen LogP contribution in [0.4, 0.5) is 0 Å². The Hall–Kier alpha value is -1.16. The van der Waals surface area contributed by atoms with Crippen molar-refractivity contribution in [2.45, 2.75) is 13.8 Å². The molecule has 2 heterocycles. The van der Waals surface area contributed by atoms with Gasteiger partial charge in [0.05, 0.1) is 0 Å². The molecule has 4 nitrogen and oxygen atoms in total. The van der Waals surface area contributed by atoms with Crippen LogP contribution in [-0.4, -0.2) is 19.8 Å². The Labute approximate surface area is 74.2 Å². The predicted octanol–water partition coefficient (Wildman–Crippen LogP) is 1.39. The largest absolute Gasteiger partial charge is 0.210 e. The summed E-state index contributed by atoms with van der Waals surface area (Å²) >= 11 is 5.73. The molecule has 2 aromatic heterocycles. The molecular weight excluding hydrogens is 176 g/mol. The summed E-state index contributed by atoms with van der Waals surface area (Å²) in [5, 5.41) is 8.45. The van der Waals surface area contributed by atoms with Crippen molar-refractivity contribution in [1.82, 2.24) is 19.8 Å². The smallest absolute Gasteiger partial charge is 0.179 e. The predicted molar refractivity (Wildman–Crippen MR) is 45.3 cm³/mol. The van der Waals surface area contributed by atoms with Crippen LogP contribution in [-0.2, 0) is 0 Å². The van der Waals surface area contributed by atoms with Gasteiger partial charge in [0.25, 0.3) is 0 Å². The average molecular weight is 183 g/mol. The van der Waals surface area contributed by atoms with Gasteiger partial charge >= 0.3 is 0 Å². The maximum Gasteiger partial charge on any atom is 0.179 e. The maximum atomic E-state index is 5.73. The molecule has 12 heavy (non-hydrogen) atoms. The summed E-state index contributed by atoms with van der Waals surface area (Å²) < 4.78 is 1.45. The summed E-state index contributed by atoms with van der Waals surface area (Å²) in [6, 6.07) is 1.77. The Bertz CT molecular complexity index is 434. The Morgan fingerprint density at radius 1 is 1.33 bits per heavy atom. The van der Waals surface area contributed by atoms with Crippen LogP contribution in [0, 0.1) is 13.8 Å². The summed E-state index contributed by atoms with van der Waals surface area (Å²) in [7, 11) is 0. The van der Waals surface area contributed by atoms with E-state index in [9.17, 15) is 0 Å². The second-order valence-corrected chi connectivity index (χ2v) is 3.01. The van der Waals surface area contributed by atoms with Gasteiger partial charge in [0, 0.05) is 0 Å². The van der Waals surface area contributed by atoms with Crippen molar-refractivity contribution >= 4 is 17.2 Å². The third-order valence-electron chi connectivity index (χ3n) is 1.58. The molecule has 0 N–H and O–H groups in total. The minimum absolute atomic E-state index is 0.435. The standard InChI is InChI=1S/C7H7ClN4/c1-4-3-6(8)11-12-7(4)9-5(2)10-12/h3H,1-2H3. The minimum Gasteiger partial charge on any atom is -0.210 e. The molecule has 0 unspecified atom stereocenters. The van der Waals surface area contributed by atoms with E-state index in [1.807, 2.05) is 13.8 Å². The normalized spacial score (nSPS) is 10.9. The van der Waals surface area contributed by atoms with Crippen LogP contribution in [0.3, 0.4) is 0 Å². The first kappa shape index (κ1) is 7.49. The Balaban J connectivity index is 2.88. The highest BCUT2D eigenvalue weighted by atomic mass is 35.5. The molecule has 2 rings (SSSR count). The molecule has 5 heteroatoms. The van der Waals surface area contributed by atoms with Gasteiger partial charge in [0.15, 0.2) is 10.8 Å². The Morgan fingerprint density at radius 2 is 2.08 bits per heavy atom. The third kappa shape index (κ3) is 1.04. The van der Waals surface area contributed by atoms with E-state index in [1.54, 1.807) is 6.07 Å². The van der Waals surface area contributed by atoms with E-state index in [-0.39, 0.29) is 0 Å². The second-order valence-electron chi connectivity index (χ2n) is 2.62. The molecule has 0 saturated carbocycles. The van der Waals surface area contributed by atoms with Crippen LogP contribution in [0.1, 0.15) is 11.4 Å². The van der Waals surface area contributed by atoms with Gasteiger partial charge in [0.1, 0.15) is 5.82 Å². The first-order valence-corrected chi connectivity index (χ1v) is 3.91. The lowest BCUT2D eigenvalue weighted by molar-refractivity contribution is 0.785. The molecular formula is C7H7ClN4. The van der Waals surface area contributed by atoms with Gasteiger partial charge in [-0.2, -0.15) is 0 Å². The molecule has 0 saturated heterocycles. The molecule has 2 aromatic rings. The van der Waals surface area contributed by atoms with Crippen molar-refractivity contribution in [3.05, 3.63) is 22.6 Å². The number of halogens is 1. The fourth-order valence-corrected chi connectivity index (χ4v) is 1.32. The van der Waals surface area contributed by atoms with Crippen molar-refractivity contribution < 1.29 is 0 Å². The van der Waals surface area contributed by atoms with E-state index in [4.69, 9.17) is 11.6 Å². The van der Waals surface area contributed by atoms with E-state index < -0.39 is 0 Å². The number of hydrogen-bond acceptors (Lipinski definition) is 3. The van der Waals surface area contributed by atoms with Gasteiger partial charge in [-0.3, -0.25) is 0 Å². The number of nitrogens with zero attached hydrogens (tertiary/aromatic N) is 4. The zero-order valence-corrected chi connectivity index (χ0v) is 7.50. The molecule has 0 aliphatic carbocycles. The van der Waals surface area contributed by atoms with Crippen molar-refractivity contribution in [2.24, 2.45) is 0 Å². The minimum atomic E-state index is 0.435. The average Bonchev–Trinajstić information content (AvgIpc) is 2.29. The summed E-state index contributed by atoms with van der Waals surface area (Å²) in [6.45, 7) is 3.75. The fraction of sp³-hybridized carbons (Fsp3) is 0.286. The number of aromatic nitrogens is 4. The molecule has 62 valence electrons. The molecule has 0 atom stereocenters. The number of aryl methyl sites for hydroxylation is 2. The quantitative estimate of drug-likeness (QED) is 0.619. The third-order valence-corrected chi connectivity index (χ3v) is 1.76. The van der Waals surface area contributed by atoms with Crippen molar-refractivity contribution in [3.63, 3.8) is 0 Å². The first-order chi connectivity index (χ1) is 5.66. The monoisotopic (exact) mass is 182 g/mol. The summed E-state index contributed by atoms with van der Waals surface area (Å²) in [4.78, 5) is 4.18. The molecule has 0 radical (unpaired) electrons. The maximum absolute atomic E-state index is 5.73. The van der Waals surface area contributed by atoms with Gasteiger partial charge in [-0.25, -0.2) is 4.98 Å². The SMILES string of the molecule is Cc1nc2c(C)cc(Cl)nn2n1. The van der Waals surface area contributed by atoms with Gasteiger partial charge in [-0.15, -0.1) is 14.8 Å². The summed E-state index contributed by atoms with van der Waals surface area (Å²) in [5.74, 6) is 0.702. The molecule has 0 spiro atoms. The zero-order chi connectivity index (χ0) is 8.72. The first-order valence-electron chi connectivity index (χ1n) is 3.53. The van der Waals surface area contributed by atoms with E-state index >= 15 is 0 Å². The highest BCUT2D eigenvalue weighted by molar-refractivity contribution is 6.29. The topological polar surface area (TPSA) is 43.1 Å². The van der Waals surface area contributed by atoms with Gasteiger partial charge in [-0.1, -0.05) is 11.6 Å². The summed E-state index contributed by atoms with van der Waals surface area (Å²) in [6.07, 6.45) is 0.